The van der Waals surface area contributed by atoms with E-state index in [1.54, 1.807) is 18.7 Å². The molecule has 0 fully saturated rings. The Balaban J connectivity index is 1.54. The molecule has 0 saturated carbocycles. The molecular weight excluding hydrogens is 404 g/mol. The van der Waals surface area contributed by atoms with Crippen LogP contribution in [0.25, 0.3) is 16.7 Å². The lowest BCUT2D eigenvalue weighted by Gasteiger charge is -2.16. The van der Waals surface area contributed by atoms with Crippen molar-refractivity contribution in [3.63, 3.8) is 0 Å². The summed E-state index contributed by atoms with van der Waals surface area (Å²) < 4.78 is 13.1. The van der Waals surface area contributed by atoms with E-state index in [-0.39, 0.29) is 5.91 Å². The first-order valence-corrected chi connectivity index (χ1v) is 10.5. The van der Waals surface area contributed by atoms with E-state index in [0.717, 1.165) is 33.6 Å². The van der Waals surface area contributed by atoms with Gasteiger partial charge in [-0.25, -0.2) is 4.68 Å². The van der Waals surface area contributed by atoms with Crippen molar-refractivity contribution in [2.24, 2.45) is 0 Å². The lowest BCUT2D eigenvalue weighted by molar-refractivity contribution is -0.127. The molecule has 0 radical (unpaired) electrons. The molecule has 0 aliphatic carbocycles. The summed E-state index contributed by atoms with van der Waals surface area (Å²) >= 11 is 0. The molecule has 2 aromatic heterocycles. The SMILES string of the molecule is COc1ccccc1CNC(=O)[C@H](C)Oc1cc(C)c2c(C)nn(-c3ccccc3)c2n1. The second kappa shape index (κ2) is 9.09. The number of para-hydroxylation sites is 2. The summed E-state index contributed by atoms with van der Waals surface area (Å²) in [7, 11) is 1.61. The van der Waals surface area contributed by atoms with Gasteiger partial charge in [0.05, 0.1) is 18.5 Å². The van der Waals surface area contributed by atoms with Crippen molar-refractivity contribution < 1.29 is 14.3 Å². The molecule has 1 amide bonds. The molecule has 164 valence electrons. The smallest absolute Gasteiger partial charge is 0.261 e. The molecule has 2 heterocycles. The fourth-order valence-electron chi connectivity index (χ4n) is 3.69. The van der Waals surface area contributed by atoms with Crippen LogP contribution < -0.4 is 14.8 Å². The molecule has 0 aliphatic heterocycles. The highest BCUT2D eigenvalue weighted by molar-refractivity contribution is 5.84. The predicted octanol–water partition coefficient (Wildman–Crippen LogP) is 4.13. The number of hydrogen-bond acceptors (Lipinski definition) is 5. The van der Waals surface area contributed by atoms with Crippen molar-refractivity contribution in [3.05, 3.63) is 77.5 Å². The summed E-state index contributed by atoms with van der Waals surface area (Å²) in [5.41, 5.74) is 4.39. The third-order valence-corrected chi connectivity index (χ3v) is 5.30. The van der Waals surface area contributed by atoms with Crippen LogP contribution in [0.4, 0.5) is 0 Å². The van der Waals surface area contributed by atoms with Crippen LogP contribution in [0.1, 0.15) is 23.7 Å². The van der Waals surface area contributed by atoms with E-state index in [1.807, 2.05) is 74.5 Å². The number of hydrogen-bond donors (Lipinski definition) is 1. The van der Waals surface area contributed by atoms with Crippen molar-refractivity contribution in [1.82, 2.24) is 20.1 Å². The van der Waals surface area contributed by atoms with E-state index in [1.165, 1.54) is 0 Å². The fourth-order valence-corrected chi connectivity index (χ4v) is 3.69. The van der Waals surface area contributed by atoms with Gasteiger partial charge < -0.3 is 14.8 Å². The minimum atomic E-state index is -0.719. The first-order chi connectivity index (χ1) is 15.5. The molecule has 0 aliphatic rings. The van der Waals surface area contributed by atoms with Crippen molar-refractivity contribution in [1.29, 1.82) is 0 Å². The number of pyridine rings is 1. The molecule has 4 aromatic rings. The van der Waals surface area contributed by atoms with E-state index in [4.69, 9.17) is 9.47 Å². The summed E-state index contributed by atoms with van der Waals surface area (Å²) in [6.07, 6.45) is -0.719. The molecule has 4 rings (SSSR count). The van der Waals surface area contributed by atoms with Crippen molar-refractivity contribution in [3.8, 4) is 17.3 Å². The average molecular weight is 431 g/mol. The molecule has 2 aromatic carbocycles. The summed E-state index contributed by atoms with van der Waals surface area (Å²) in [6, 6.07) is 19.2. The van der Waals surface area contributed by atoms with Crippen LogP contribution in [0, 0.1) is 13.8 Å². The van der Waals surface area contributed by atoms with Gasteiger partial charge in [-0.3, -0.25) is 4.79 Å². The lowest BCUT2D eigenvalue weighted by Crippen LogP contribution is -2.36. The highest BCUT2D eigenvalue weighted by atomic mass is 16.5. The highest BCUT2D eigenvalue weighted by Gasteiger charge is 2.19. The number of aryl methyl sites for hydroxylation is 2. The number of carbonyl (C=O) groups excluding carboxylic acids is 1. The van der Waals surface area contributed by atoms with Gasteiger partial charge in [0.2, 0.25) is 5.88 Å². The minimum Gasteiger partial charge on any atom is -0.496 e. The zero-order valence-corrected chi connectivity index (χ0v) is 18.6. The summed E-state index contributed by atoms with van der Waals surface area (Å²) in [4.78, 5) is 17.3. The van der Waals surface area contributed by atoms with Gasteiger partial charge in [0.1, 0.15) is 5.75 Å². The van der Waals surface area contributed by atoms with Gasteiger partial charge in [0.15, 0.2) is 11.8 Å². The van der Waals surface area contributed by atoms with Crippen molar-refractivity contribution in [2.45, 2.75) is 33.4 Å². The number of aromatic nitrogens is 3. The van der Waals surface area contributed by atoms with Crippen LogP contribution in [0.2, 0.25) is 0 Å². The van der Waals surface area contributed by atoms with Gasteiger partial charge >= 0.3 is 0 Å². The maximum absolute atomic E-state index is 12.6. The van der Waals surface area contributed by atoms with Crippen LogP contribution in [0.5, 0.6) is 11.6 Å². The third kappa shape index (κ3) is 4.27. The molecule has 0 bridgehead atoms. The normalized spacial score (nSPS) is 11.9. The zero-order chi connectivity index (χ0) is 22.7. The van der Waals surface area contributed by atoms with E-state index in [2.05, 4.69) is 15.4 Å². The Bertz CT molecular complexity index is 1250. The largest absolute Gasteiger partial charge is 0.496 e. The number of ether oxygens (including phenoxy) is 2. The number of benzene rings is 2. The summed E-state index contributed by atoms with van der Waals surface area (Å²) in [5.74, 6) is 0.879. The Kier molecular flexibility index (Phi) is 6.07. The zero-order valence-electron chi connectivity index (χ0n) is 18.6. The van der Waals surface area contributed by atoms with Gasteiger partial charge in [0.25, 0.3) is 5.91 Å². The maximum Gasteiger partial charge on any atom is 0.261 e. The quantitative estimate of drug-likeness (QED) is 0.477. The van der Waals surface area contributed by atoms with Crippen molar-refractivity contribution >= 4 is 16.9 Å². The van der Waals surface area contributed by atoms with Crippen LogP contribution in [-0.2, 0) is 11.3 Å². The maximum atomic E-state index is 12.6. The second-order valence-corrected chi connectivity index (χ2v) is 7.60. The monoisotopic (exact) mass is 430 g/mol. The number of nitrogens with zero attached hydrogens (tertiary/aromatic N) is 3. The van der Waals surface area contributed by atoms with E-state index in [9.17, 15) is 4.79 Å². The Morgan fingerprint density at radius 2 is 1.81 bits per heavy atom. The van der Waals surface area contributed by atoms with Gasteiger partial charge in [-0.15, -0.1) is 0 Å². The average Bonchev–Trinajstić information content (AvgIpc) is 3.14. The van der Waals surface area contributed by atoms with Crippen LogP contribution in [0.15, 0.2) is 60.7 Å². The Hall–Kier alpha value is -3.87. The standard InChI is InChI=1S/C25H26N4O3/c1-16-14-22(27-24-23(16)17(2)28-29(24)20-11-6-5-7-12-20)32-18(3)25(30)26-15-19-10-8-9-13-21(19)31-4/h5-14,18H,15H2,1-4H3,(H,26,30)/t18-/m0/s1. The Morgan fingerprint density at radius 1 is 1.09 bits per heavy atom. The molecule has 0 unspecified atom stereocenters. The molecule has 0 saturated heterocycles. The lowest BCUT2D eigenvalue weighted by atomic mass is 10.1. The van der Waals surface area contributed by atoms with Crippen LogP contribution >= 0.6 is 0 Å². The highest BCUT2D eigenvalue weighted by Crippen LogP contribution is 2.27. The molecule has 7 nitrogen and oxygen atoms in total. The minimum absolute atomic E-state index is 0.233. The van der Waals surface area contributed by atoms with Gasteiger partial charge in [0, 0.05) is 23.6 Å². The van der Waals surface area contributed by atoms with Crippen LogP contribution in [-0.4, -0.2) is 33.9 Å². The fraction of sp³-hybridized carbons (Fsp3) is 0.240. The molecule has 1 N–H and O–H groups in total. The van der Waals surface area contributed by atoms with E-state index >= 15 is 0 Å². The number of nitrogens with one attached hydrogen (secondary N) is 1. The number of fused-ring (bicyclic) bond motifs is 1. The number of carbonyl (C=O) groups is 1. The van der Waals surface area contributed by atoms with Gasteiger partial charge in [-0.2, -0.15) is 10.1 Å². The third-order valence-electron chi connectivity index (χ3n) is 5.30. The first kappa shape index (κ1) is 21.4. The number of methoxy groups -OCH3 is 1. The van der Waals surface area contributed by atoms with E-state index < -0.39 is 6.10 Å². The molecular formula is C25H26N4O3. The molecule has 0 spiro atoms. The number of rotatable bonds is 7. The summed E-state index contributed by atoms with van der Waals surface area (Å²) in [5, 5.41) is 8.54. The van der Waals surface area contributed by atoms with Crippen molar-refractivity contribution in [2.75, 3.05) is 7.11 Å². The number of amides is 1. The predicted molar refractivity (Wildman–Crippen MR) is 123 cm³/mol. The molecule has 1 atom stereocenters. The topological polar surface area (TPSA) is 78.3 Å². The molecule has 32 heavy (non-hydrogen) atoms. The Morgan fingerprint density at radius 3 is 2.56 bits per heavy atom. The first-order valence-electron chi connectivity index (χ1n) is 10.5. The summed E-state index contributed by atoms with van der Waals surface area (Å²) in [6.45, 7) is 6.01. The van der Waals surface area contributed by atoms with Gasteiger partial charge in [-0.1, -0.05) is 36.4 Å². The second-order valence-electron chi connectivity index (χ2n) is 7.60. The Labute approximate surface area is 187 Å². The van der Waals surface area contributed by atoms with E-state index in [0.29, 0.717) is 18.1 Å². The van der Waals surface area contributed by atoms with Crippen LogP contribution in [0.3, 0.4) is 0 Å². The molecule has 7 heteroatoms. The van der Waals surface area contributed by atoms with Gasteiger partial charge in [-0.05, 0) is 44.5 Å².